The van der Waals surface area contributed by atoms with Crippen LogP contribution in [-0.4, -0.2) is 41.3 Å². The number of nitrogens with two attached hydrogens (primary N) is 1. The van der Waals surface area contributed by atoms with Crippen LogP contribution in [0.25, 0.3) is 0 Å². The second kappa shape index (κ2) is 5.19. The van der Waals surface area contributed by atoms with Gasteiger partial charge in [-0.3, -0.25) is 4.79 Å². The Morgan fingerprint density at radius 1 is 1.43 bits per heavy atom. The molecule has 1 saturated heterocycles. The summed E-state index contributed by atoms with van der Waals surface area (Å²) in [4.78, 5) is 23.6. The fourth-order valence-corrected chi connectivity index (χ4v) is 1.91. The van der Waals surface area contributed by atoms with E-state index in [0.29, 0.717) is 18.4 Å². The van der Waals surface area contributed by atoms with E-state index in [1.807, 2.05) is 0 Å². The summed E-state index contributed by atoms with van der Waals surface area (Å²) in [6, 6.07) is -0.373. The van der Waals surface area contributed by atoms with Crippen molar-refractivity contribution in [1.29, 1.82) is 0 Å². The smallest absolute Gasteiger partial charge is 0.312 e. The number of piperidine rings is 1. The van der Waals surface area contributed by atoms with Gasteiger partial charge in [-0.15, -0.1) is 0 Å². The van der Waals surface area contributed by atoms with Crippen LogP contribution in [0, 0.1) is 0 Å². The third-order valence-electron chi connectivity index (χ3n) is 2.31. The Bertz CT molecular complexity index is 227. The Morgan fingerprint density at radius 3 is 2.43 bits per heavy atom. The van der Waals surface area contributed by atoms with E-state index in [9.17, 15) is 9.59 Å². The van der Waals surface area contributed by atoms with Crippen molar-refractivity contribution in [3.05, 3.63) is 0 Å². The lowest BCUT2D eigenvalue weighted by Crippen LogP contribution is -2.48. The lowest BCUT2D eigenvalue weighted by Gasteiger charge is -2.31. The van der Waals surface area contributed by atoms with Gasteiger partial charge in [-0.2, -0.15) is 0 Å². The summed E-state index contributed by atoms with van der Waals surface area (Å²) in [5, 5.41) is 3.01. The van der Waals surface area contributed by atoms with Gasteiger partial charge >= 0.3 is 6.03 Å². The molecule has 6 heteroatoms. The van der Waals surface area contributed by atoms with E-state index in [1.165, 1.54) is 0 Å². The number of hydrogen-bond donors (Lipinski definition) is 2. The second-order valence-electron chi connectivity index (χ2n) is 3.30. The quantitative estimate of drug-likeness (QED) is 0.691. The van der Waals surface area contributed by atoms with Crippen LogP contribution >= 0.6 is 15.9 Å². The highest BCUT2D eigenvalue weighted by atomic mass is 79.9. The van der Waals surface area contributed by atoms with Crippen LogP contribution in [0.5, 0.6) is 0 Å². The van der Waals surface area contributed by atoms with Crippen molar-refractivity contribution >= 4 is 27.9 Å². The second-order valence-corrected chi connectivity index (χ2v) is 3.86. The molecule has 1 rings (SSSR count). The van der Waals surface area contributed by atoms with E-state index >= 15 is 0 Å². The minimum Gasteiger partial charge on any atom is -0.352 e. The first kappa shape index (κ1) is 11.3. The summed E-state index contributed by atoms with van der Waals surface area (Å²) in [5.74, 6) is 0.0996. The number of rotatable bonds is 2. The summed E-state index contributed by atoms with van der Waals surface area (Å²) in [6.07, 6.45) is 1.56. The van der Waals surface area contributed by atoms with Crippen molar-refractivity contribution < 1.29 is 9.59 Å². The van der Waals surface area contributed by atoms with Gasteiger partial charge in [-0.05, 0) is 12.8 Å². The lowest BCUT2D eigenvalue weighted by atomic mass is 10.1. The Hall–Kier alpha value is -0.780. The number of carbonyl (C=O) groups is 2. The van der Waals surface area contributed by atoms with Crippen molar-refractivity contribution in [3.63, 3.8) is 0 Å². The van der Waals surface area contributed by atoms with Crippen LogP contribution in [0.4, 0.5) is 4.79 Å². The van der Waals surface area contributed by atoms with E-state index < -0.39 is 6.03 Å². The molecule has 0 aromatic carbocycles. The minimum atomic E-state index is -0.490. The van der Waals surface area contributed by atoms with Crippen molar-refractivity contribution in [2.45, 2.75) is 18.9 Å². The molecule has 1 aliphatic rings. The number of nitrogens with zero attached hydrogens (tertiary/aromatic N) is 1. The standard InChI is InChI=1S/C8H14BrN3O2/c9-5-7(13)12-3-1-6(2-4-12)11-8(10)14/h6H,1-5H2,(H3,10,11,14). The van der Waals surface area contributed by atoms with Crippen molar-refractivity contribution in [2.75, 3.05) is 18.4 Å². The van der Waals surface area contributed by atoms with Crippen LogP contribution in [0.1, 0.15) is 12.8 Å². The average Bonchev–Trinajstić information content (AvgIpc) is 2.17. The molecule has 5 nitrogen and oxygen atoms in total. The SMILES string of the molecule is NC(=O)NC1CCN(C(=O)CBr)CC1. The van der Waals surface area contributed by atoms with Crippen molar-refractivity contribution in [3.8, 4) is 0 Å². The molecule has 80 valence electrons. The van der Waals surface area contributed by atoms with Gasteiger partial charge in [0.05, 0.1) is 5.33 Å². The molecule has 0 aromatic heterocycles. The van der Waals surface area contributed by atoms with Crippen LogP contribution < -0.4 is 11.1 Å². The van der Waals surface area contributed by atoms with Crippen LogP contribution in [0.3, 0.4) is 0 Å². The molecule has 3 N–H and O–H groups in total. The number of carbonyl (C=O) groups excluding carboxylic acids is 2. The zero-order valence-electron chi connectivity index (χ0n) is 7.83. The Labute approximate surface area is 91.1 Å². The number of amides is 3. The Balaban J connectivity index is 2.31. The first-order chi connectivity index (χ1) is 6.63. The predicted octanol–water partition coefficient (Wildman–Crippen LogP) is 0.0406. The average molecular weight is 264 g/mol. The number of likely N-dealkylation sites (tertiary alicyclic amines) is 1. The molecule has 0 aromatic rings. The normalized spacial score (nSPS) is 17.9. The topological polar surface area (TPSA) is 75.4 Å². The van der Waals surface area contributed by atoms with E-state index in [0.717, 1.165) is 12.8 Å². The Kier molecular flexibility index (Phi) is 4.19. The van der Waals surface area contributed by atoms with Crippen molar-refractivity contribution in [1.82, 2.24) is 10.2 Å². The summed E-state index contributed by atoms with van der Waals surface area (Å²) in [6.45, 7) is 1.38. The maximum atomic E-state index is 11.3. The number of primary amides is 1. The maximum absolute atomic E-state index is 11.3. The van der Waals surface area contributed by atoms with Crippen LogP contribution in [0.2, 0.25) is 0 Å². The predicted molar refractivity (Wildman–Crippen MR) is 56.1 cm³/mol. The molecule has 0 bridgehead atoms. The zero-order chi connectivity index (χ0) is 10.6. The summed E-state index contributed by atoms with van der Waals surface area (Å²) < 4.78 is 0. The molecule has 3 amide bonds. The van der Waals surface area contributed by atoms with Gasteiger partial charge in [0.15, 0.2) is 0 Å². The molecule has 0 atom stereocenters. The highest BCUT2D eigenvalue weighted by Gasteiger charge is 2.22. The number of hydrogen-bond acceptors (Lipinski definition) is 2. The molecule has 0 aliphatic carbocycles. The molecule has 0 radical (unpaired) electrons. The third kappa shape index (κ3) is 3.17. The molecule has 0 spiro atoms. The van der Waals surface area contributed by atoms with Gasteiger partial charge in [0.25, 0.3) is 0 Å². The molecule has 0 unspecified atom stereocenters. The van der Waals surface area contributed by atoms with E-state index in [4.69, 9.17) is 5.73 Å². The molecule has 1 fully saturated rings. The lowest BCUT2D eigenvalue weighted by molar-refractivity contribution is -0.129. The number of nitrogens with one attached hydrogen (secondary N) is 1. The third-order valence-corrected chi connectivity index (χ3v) is 2.79. The first-order valence-corrected chi connectivity index (χ1v) is 5.65. The molecular formula is C8H14BrN3O2. The van der Waals surface area contributed by atoms with E-state index in [2.05, 4.69) is 21.2 Å². The maximum Gasteiger partial charge on any atom is 0.312 e. The minimum absolute atomic E-state index is 0.0996. The Morgan fingerprint density at radius 2 is 2.00 bits per heavy atom. The number of urea groups is 1. The number of halogens is 1. The van der Waals surface area contributed by atoms with Gasteiger partial charge < -0.3 is 16.0 Å². The van der Waals surface area contributed by atoms with E-state index in [-0.39, 0.29) is 11.9 Å². The largest absolute Gasteiger partial charge is 0.352 e. The number of alkyl halides is 1. The van der Waals surface area contributed by atoms with Gasteiger partial charge in [0, 0.05) is 19.1 Å². The fraction of sp³-hybridized carbons (Fsp3) is 0.750. The summed E-state index contributed by atoms with van der Waals surface area (Å²) in [5.41, 5.74) is 5.01. The first-order valence-electron chi connectivity index (χ1n) is 4.53. The zero-order valence-corrected chi connectivity index (χ0v) is 9.42. The van der Waals surface area contributed by atoms with E-state index in [1.54, 1.807) is 4.90 Å². The van der Waals surface area contributed by atoms with Crippen LogP contribution in [-0.2, 0) is 4.79 Å². The van der Waals surface area contributed by atoms with Gasteiger partial charge in [-0.1, -0.05) is 15.9 Å². The van der Waals surface area contributed by atoms with Gasteiger partial charge in [-0.25, -0.2) is 4.79 Å². The van der Waals surface area contributed by atoms with Crippen LogP contribution in [0.15, 0.2) is 0 Å². The van der Waals surface area contributed by atoms with Gasteiger partial charge in [0.1, 0.15) is 0 Å². The molecule has 0 saturated carbocycles. The summed E-state index contributed by atoms with van der Waals surface area (Å²) >= 11 is 3.12. The monoisotopic (exact) mass is 263 g/mol. The molecule has 1 heterocycles. The molecule has 1 aliphatic heterocycles. The highest BCUT2D eigenvalue weighted by Crippen LogP contribution is 2.10. The van der Waals surface area contributed by atoms with Gasteiger partial charge in [0.2, 0.25) is 5.91 Å². The highest BCUT2D eigenvalue weighted by molar-refractivity contribution is 9.09. The molecular weight excluding hydrogens is 250 g/mol. The summed E-state index contributed by atoms with van der Waals surface area (Å²) in [7, 11) is 0. The van der Waals surface area contributed by atoms with Crippen molar-refractivity contribution in [2.24, 2.45) is 5.73 Å². The fourth-order valence-electron chi connectivity index (χ4n) is 1.56. The molecule has 14 heavy (non-hydrogen) atoms.